The van der Waals surface area contributed by atoms with Crippen LogP contribution in [0.1, 0.15) is 0 Å². The number of nitrogens with zero attached hydrogens (tertiary/aromatic N) is 2. The molecule has 3 aromatic heterocycles. The van der Waals surface area contributed by atoms with E-state index in [9.17, 15) is 0 Å². The van der Waals surface area contributed by atoms with Crippen LogP contribution in [-0.4, -0.2) is 46.5 Å². The third kappa shape index (κ3) is 3.37. The molecular weight excluding hydrogens is 330 g/mol. The Morgan fingerprint density at radius 3 is 2.65 bits per heavy atom. The number of hydrogen-bond acceptors (Lipinski definition) is 5. The van der Waals surface area contributed by atoms with Crippen LogP contribution < -0.4 is 4.74 Å². The highest BCUT2D eigenvalue weighted by atomic mass is 16.5. The molecule has 0 spiro atoms. The summed E-state index contributed by atoms with van der Waals surface area (Å²) < 4.78 is 10.7. The zero-order valence-electron chi connectivity index (χ0n) is 14.2. The molecule has 3 heterocycles. The minimum atomic E-state index is 0.0180. The number of fused-ring (bicyclic) bond motifs is 3. The molecule has 132 valence electrons. The lowest BCUT2D eigenvalue weighted by Crippen LogP contribution is -2.09. The highest BCUT2D eigenvalue weighted by Gasteiger charge is 2.06. The Bertz CT molecular complexity index is 1010. The smallest absolute Gasteiger partial charge is 0.213 e. The van der Waals surface area contributed by atoms with Crippen LogP contribution in [0.5, 0.6) is 5.88 Å². The summed E-state index contributed by atoms with van der Waals surface area (Å²) in [5.74, 6) is 0.555. The zero-order chi connectivity index (χ0) is 17.8. The van der Waals surface area contributed by atoms with Gasteiger partial charge >= 0.3 is 0 Å². The van der Waals surface area contributed by atoms with E-state index in [1.165, 1.54) is 0 Å². The monoisotopic (exact) mass is 349 g/mol. The summed E-state index contributed by atoms with van der Waals surface area (Å²) >= 11 is 0. The lowest BCUT2D eigenvalue weighted by molar-refractivity contribution is 0.0695. The maximum Gasteiger partial charge on any atom is 0.213 e. The van der Waals surface area contributed by atoms with Crippen LogP contribution in [0.4, 0.5) is 0 Å². The van der Waals surface area contributed by atoms with Gasteiger partial charge in [-0.25, -0.2) is 4.98 Å². The van der Waals surface area contributed by atoms with Crippen LogP contribution in [-0.2, 0) is 4.74 Å². The Labute approximate surface area is 150 Å². The maximum atomic E-state index is 8.65. The Morgan fingerprint density at radius 1 is 0.885 bits per heavy atom. The molecule has 1 aromatic carbocycles. The van der Waals surface area contributed by atoms with E-state index in [0.717, 1.165) is 32.9 Å². The Morgan fingerprint density at radius 2 is 1.81 bits per heavy atom. The first-order valence-electron chi connectivity index (χ1n) is 8.48. The molecule has 4 aromatic rings. The second kappa shape index (κ2) is 7.51. The molecule has 0 saturated carbocycles. The largest absolute Gasteiger partial charge is 0.475 e. The Balaban J connectivity index is 1.51. The van der Waals surface area contributed by atoms with E-state index in [4.69, 9.17) is 14.6 Å². The van der Waals surface area contributed by atoms with E-state index < -0.39 is 0 Å². The van der Waals surface area contributed by atoms with Crippen LogP contribution in [0.25, 0.3) is 32.9 Å². The van der Waals surface area contributed by atoms with Gasteiger partial charge < -0.3 is 19.6 Å². The van der Waals surface area contributed by atoms with Crippen molar-refractivity contribution < 1.29 is 14.6 Å². The molecule has 6 heteroatoms. The number of aliphatic hydroxyl groups excluding tert-OH is 1. The average Bonchev–Trinajstić information content (AvgIpc) is 3.06. The molecule has 0 saturated heterocycles. The normalized spacial score (nSPS) is 11.3. The van der Waals surface area contributed by atoms with Gasteiger partial charge in [0.25, 0.3) is 0 Å². The SMILES string of the molecule is OCCOCCOc1ccc(-c2ccc3c(c2)[nH]c2ccncc23)cn1. The second-order valence-electron chi connectivity index (χ2n) is 5.88. The summed E-state index contributed by atoms with van der Waals surface area (Å²) in [5.41, 5.74) is 4.26. The van der Waals surface area contributed by atoms with Gasteiger partial charge in [-0.2, -0.15) is 0 Å². The number of pyridine rings is 2. The highest BCUT2D eigenvalue weighted by Crippen LogP contribution is 2.29. The molecule has 0 radical (unpaired) electrons. The molecule has 0 aliphatic rings. The van der Waals surface area contributed by atoms with Crippen molar-refractivity contribution in [3.8, 4) is 17.0 Å². The predicted octanol–water partition coefficient (Wildman–Crippen LogP) is 3.17. The number of aromatic amines is 1. The average molecular weight is 349 g/mol. The lowest BCUT2D eigenvalue weighted by Gasteiger charge is -2.07. The van der Waals surface area contributed by atoms with Crippen molar-refractivity contribution in [1.29, 1.82) is 0 Å². The predicted molar refractivity (Wildman–Crippen MR) is 100 cm³/mol. The number of benzene rings is 1. The molecule has 0 fully saturated rings. The Hall–Kier alpha value is -2.96. The minimum Gasteiger partial charge on any atom is -0.475 e. The quantitative estimate of drug-likeness (QED) is 0.501. The Kier molecular flexibility index (Phi) is 4.77. The number of rotatable bonds is 7. The van der Waals surface area contributed by atoms with Crippen molar-refractivity contribution in [2.75, 3.05) is 26.4 Å². The van der Waals surface area contributed by atoms with Gasteiger partial charge in [0.1, 0.15) is 6.61 Å². The second-order valence-corrected chi connectivity index (χ2v) is 5.88. The fourth-order valence-corrected chi connectivity index (χ4v) is 2.93. The molecule has 6 nitrogen and oxygen atoms in total. The van der Waals surface area contributed by atoms with Gasteiger partial charge in [-0.1, -0.05) is 12.1 Å². The first-order chi connectivity index (χ1) is 12.8. The van der Waals surface area contributed by atoms with Crippen LogP contribution in [0, 0.1) is 0 Å². The van der Waals surface area contributed by atoms with Crippen molar-refractivity contribution in [2.24, 2.45) is 0 Å². The summed E-state index contributed by atoms with van der Waals surface area (Å²) in [7, 11) is 0. The lowest BCUT2D eigenvalue weighted by atomic mass is 10.1. The maximum absolute atomic E-state index is 8.65. The fraction of sp³-hybridized carbons (Fsp3) is 0.200. The van der Waals surface area contributed by atoms with E-state index in [1.807, 2.05) is 24.4 Å². The van der Waals surface area contributed by atoms with E-state index >= 15 is 0 Å². The van der Waals surface area contributed by atoms with Crippen molar-refractivity contribution >= 4 is 21.8 Å². The number of nitrogens with one attached hydrogen (secondary N) is 1. The van der Waals surface area contributed by atoms with E-state index in [-0.39, 0.29) is 6.61 Å². The number of H-pyrrole nitrogens is 1. The molecule has 26 heavy (non-hydrogen) atoms. The summed E-state index contributed by atoms with van der Waals surface area (Å²) in [5, 5.41) is 10.9. The van der Waals surface area contributed by atoms with Gasteiger partial charge in [-0.05, 0) is 23.8 Å². The van der Waals surface area contributed by atoms with Crippen LogP contribution in [0.3, 0.4) is 0 Å². The van der Waals surface area contributed by atoms with Crippen LogP contribution in [0.2, 0.25) is 0 Å². The van der Waals surface area contributed by atoms with E-state index in [2.05, 4.69) is 33.2 Å². The molecule has 0 amide bonds. The zero-order valence-corrected chi connectivity index (χ0v) is 14.2. The molecule has 0 atom stereocenters. The van der Waals surface area contributed by atoms with E-state index in [0.29, 0.717) is 25.7 Å². The first-order valence-corrected chi connectivity index (χ1v) is 8.48. The number of aliphatic hydroxyl groups is 1. The van der Waals surface area contributed by atoms with Gasteiger partial charge in [-0.3, -0.25) is 4.98 Å². The third-order valence-corrected chi connectivity index (χ3v) is 4.18. The first kappa shape index (κ1) is 16.5. The van der Waals surface area contributed by atoms with Crippen molar-refractivity contribution in [3.05, 3.63) is 55.0 Å². The molecule has 2 N–H and O–H groups in total. The van der Waals surface area contributed by atoms with Crippen molar-refractivity contribution in [1.82, 2.24) is 15.0 Å². The van der Waals surface area contributed by atoms with Crippen LogP contribution >= 0.6 is 0 Å². The number of hydrogen-bond donors (Lipinski definition) is 2. The molecule has 0 aliphatic heterocycles. The summed E-state index contributed by atoms with van der Waals surface area (Å²) in [6, 6.07) is 12.1. The topological polar surface area (TPSA) is 80.3 Å². The molecule has 0 bridgehead atoms. The van der Waals surface area contributed by atoms with Gasteiger partial charge in [0.2, 0.25) is 5.88 Å². The number of ether oxygens (including phenoxy) is 2. The minimum absolute atomic E-state index is 0.0180. The van der Waals surface area contributed by atoms with Crippen molar-refractivity contribution in [3.63, 3.8) is 0 Å². The van der Waals surface area contributed by atoms with Gasteiger partial charge in [-0.15, -0.1) is 0 Å². The van der Waals surface area contributed by atoms with E-state index in [1.54, 1.807) is 12.4 Å². The number of aromatic nitrogens is 3. The molecule has 0 unspecified atom stereocenters. The molecule has 4 rings (SSSR count). The molecule has 0 aliphatic carbocycles. The van der Waals surface area contributed by atoms with Crippen LogP contribution in [0.15, 0.2) is 55.0 Å². The highest BCUT2D eigenvalue weighted by molar-refractivity contribution is 6.07. The third-order valence-electron chi connectivity index (χ3n) is 4.18. The van der Waals surface area contributed by atoms with Gasteiger partial charge in [0.15, 0.2) is 0 Å². The van der Waals surface area contributed by atoms with Crippen molar-refractivity contribution in [2.45, 2.75) is 0 Å². The summed E-state index contributed by atoms with van der Waals surface area (Å²) in [6.45, 7) is 1.17. The summed E-state index contributed by atoms with van der Waals surface area (Å²) in [4.78, 5) is 12.0. The summed E-state index contributed by atoms with van der Waals surface area (Å²) in [6.07, 6.45) is 5.47. The standard InChI is InChI=1S/C20H19N3O3/c24-7-8-25-9-10-26-20-4-2-15(12-22-20)14-1-3-16-17-13-21-6-5-18(17)23-19(16)11-14/h1-6,11-13,23-24H,7-10H2. The fourth-order valence-electron chi connectivity index (χ4n) is 2.93. The van der Waals surface area contributed by atoms with Gasteiger partial charge in [0.05, 0.1) is 19.8 Å². The molecular formula is C20H19N3O3. The van der Waals surface area contributed by atoms with Gasteiger partial charge in [0, 0.05) is 52.0 Å².